The van der Waals surface area contributed by atoms with Crippen LogP contribution in [-0.4, -0.2) is 19.0 Å². The van der Waals surface area contributed by atoms with E-state index in [9.17, 15) is 0 Å². The molecule has 1 unspecified atom stereocenters. The van der Waals surface area contributed by atoms with Crippen LogP contribution < -0.4 is 0 Å². The van der Waals surface area contributed by atoms with Crippen molar-refractivity contribution >= 4 is 15.9 Å². The van der Waals surface area contributed by atoms with Gasteiger partial charge in [-0.2, -0.15) is 0 Å². The van der Waals surface area contributed by atoms with E-state index in [4.69, 9.17) is 4.74 Å². The lowest BCUT2D eigenvalue weighted by molar-refractivity contribution is 0.102. The topological polar surface area (TPSA) is 9.23 Å². The van der Waals surface area contributed by atoms with Crippen molar-refractivity contribution in [3.05, 3.63) is 0 Å². The minimum absolute atomic E-state index is 0.337. The number of rotatable bonds is 5. The summed E-state index contributed by atoms with van der Waals surface area (Å²) < 4.78 is 5.12. The fraction of sp³-hybridized carbons (Fsp3) is 1.00. The Morgan fingerprint density at radius 2 is 2.10 bits per heavy atom. The fourth-order valence-corrected chi connectivity index (χ4v) is 1.57. The van der Waals surface area contributed by atoms with E-state index in [2.05, 4.69) is 29.8 Å². The molecule has 0 aliphatic rings. The van der Waals surface area contributed by atoms with Gasteiger partial charge in [0, 0.05) is 17.9 Å². The van der Waals surface area contributed by atoms with E-state index in [1.54, 1.807) is 7.11 Å². The summed E-state index contributed by atoms with van der Waals surface area (Å²) in [5, 5.41) is 1.03. The van der Waals surface area contributed by atoms with E-state index >= 15 is 0 Å². The minimum Gasteiger partial charge on any atom is -0.384 e. The average molecular weight is 209 g/mol. The molecule has 0 spiro atoms. The van der Waals surface area contributed by atoms with Crippen LogP contribution in [0, 0.1) is 5.41 Å². The lowest BCUT2D eigenvalue weighted by Gasteiger charge is -2.25. The van der Waals surface area contributed by atoms with Gasteiger partial charge in [-0.3, -0.25) is 0 Å². The van der Waals surface area contributed by atoms with Crippen molar-refractivity contribution in [2.24, 2.45) is 5.41 Å². The van der Waals surface area contributed by atoms with Crippen LogP contribution in [0.25, 0.3) is 0 Å². The largest absolute Gasteiger partial charge is 0.384 e. The van der Waals surface area contributed by atoms with Crippen LogP contribution in [0.2, 0.25) is 0 Å². The van der Waals surface area contributed by atoms with Crippen molar-refractivity contribution in [2.75, 3.05) is 19.0 Å². The van der Waals surface area contributed by atoms with Crippen LogP contribution in [0.4, 0.5) is 0 Å². The molecule has 0 aromatic carbocycles. The van der Waals surface area contributed by atoms with Gasteiger partial charge < -0.3 is 4.74 Å². The van der Waals surface area contributed by atoms with Crippen molar-refractivity contribution in [1.29, 1.82) is 0 Å². The maximum absolute atomic E-state index is 5.12. The Labute approximate surface area is 72.3 Å². The highest BCUT2D eigenvalue weighted by molar-refractivity contribution is 9.09. The lowest BCUT2D eigenvalue weighted by atomic mass is 9.89. The molecule has 0 heterocycles. The molecule has 0 N–H and O–H groups in total. The fourth-order valence-electron chi connectivity index (χ4n) is 1.13. The number of halogens is 1. The summed E-state index contributed by atoms with van der Waals surface area (Å²) in [5.74, 6) is 0. The van der Waals surface area contributed by atoms with Gasteiger partial charge in [0.15, 0.2) is 0 Å². The quantitative estimate of drug-likeness (QED) is 0.632. The van der Waals surface area contributed by atoms with Crippen molar-refractivity contribution in [2.45, 2.75) is 26.7 Å². The van der Waals surface area contributed by atoms with Gasteiger partial charge in [0.2, 0.25) is 0 Å². The Kier molecular flexibility index (Phi) is 5.36. The molecular formula is C8H17BrO. The van der Waals surface area contributed by atoms with E-state index in [0.29, 0.717) is 5.41 Å². The smallest absolute Gasteiger partial charge is 0.0524 e. The van der Waals surface area contributed by atoms with Crippen LogP contribution in [0.5, 0.6) is 0 Å². The van der Waals surface area contributed by atoms with Crippen molar-refractivity contribution in [3.8, 4) is 0 Å². The zero-order valence-corrected chi connectivity index (χ0v) is 8.70. The predicted molar refractivity (Wildman–Crippen MR) is 48.7 cm³/mol. The number of hydrogen-bond acceptors (Lipinski definition) is 1. The molecule has 1 atom stereocenters. The van der Waals surface area contributed by atoms with Gasteiger partial charge in [0.25, 0.3) is 0 Å². The van der Waals surface area contributed by atoms with Crippen molar-refractivity contribution in [1.82, 2.24) is 0 Å². The molecule has 0 radical (unpaired) electrons. The first-order valence-corrected chi connectivity index (χ1v) is 4.85. The SMILES string of the molecule is CCCC(C)(CBr)COC. The normalized spacial score (nSPS) is 16.8. The molecule has 0 bridgehead atoms. The Hall–Kier alpha value is 0.440. The van der Waals surface area contributed by atoms with Gasteiger partial charge in [-0.15, -0.1) is 0 Å². The number of hydrogen-bond donors (Lipinski definition) is 0. The average Bonchev–Trinajstić information content (AvgIpc) is 1.89. The van der Waals surface area contributed by atoms with E-state index in [1.165, 1.54) is 12.8 Å². The third kappa shape index (κ3) is 3.57. The first kappa shape index (κ1) is 10.4. The molecule has 0 saturated heterocycles. The molecule has 0 fully saturated rings. The van der Waals surface area contributed by atoms with Crippen molar-refractivity contribution in [3.63, 3.8) is 0 Å². The van der Waals surface area contributed by atoms with E-state index < -0.39 is 0 Å². The Morgan fingerprint density at radius 1 is 1.50 bits per heavy atom. The standard InChI is InChI=1S/C8H17BrO/c1-4-5-8(2,6-9)7-10-3/h4-7H2,1-3H3. The van der Waals surface area contributed by atoms with Crippen LogP contribution in [0.1, 0.15) is 26.7 Å². The zero-order chi connectivity index (χ0) is 8.04. The minimum atomic E-state index is 0.337. The summed E-state index contributed by atoms with van der Waals surface area (Å²) in [6.45, 7) is 5.30. The Morgan fingerprint density at radius 3 is 2.40 bits per heavy atom. The molecular weight excluding hydrogens is 192 g/mol. The van der Waals surface area contributed by atoms with Gasteiger partial charge in [-0.05, 0) is 6.42 Å². The third-order valence-corrected chi connectivity index (χ3v) is 3.02. The molecule has 2 heteroatoms. The molecule has 0 rings (SSSR count). The highest BCUT2D eigenvalue weighted by Crippen LogP contribution is 2.25. The second-order valence-electron chi connectivity index (χ2n) is 3.13. The van der Waals surface area contributed by atoms with Crippen molar-refractivity contribution < 1.29 is 4.74 Å². The van der Waals surface area contributed by atoms with E-state index in [0.717, 1.165) is 11.9 Å². The van der Waals surface area contributed by atoms with E-state index in [-0.39, 0.29) is 0 Å². The molecule has 0 amide bonds. The molecule has 0 aliphatic carbocycles. The Bertz CT molecular complexity index is 77.3. The summed E-state index contributed by atoms with van der Waals surface area (Å²) in [6, 6.07) is 0. The Balaban J connectivity index is 3.69. The van der Waals surface area contributed by atoms with Crippen LogP contribution >= 0.6 is 15.9 Å². The highest BCUT2D eigenvalue weighted by atomic mass is 79.9. The summed E-state index contributed by atoms with van der Waals surface area (Å²) in [7, 11) is 1.76. The summed E-state index contributed by atoms with van der Waals surface area (Å²) in [5.41, 5.74) is 0.337. The van der Waals surface area contributed by atoms with Gasteiger partial charge >= 0.3 is 0 Å². The molecule has 0 aliphatic heterocycles. The number of ether oxygens (including phenoxy) is 1. The maximum Gasteiger partial charge on any atom is 0.0524 e. The monoisotopic (exact) mass is 208 g/mol. The third-order valence-electron chi connectivity index (χ3n) is 1.67. The number of alkyl halides is 1. The van der Waals surface area contributed by atoms with Crippen LogP contribution in [0.3, 0.4) is 0 Å². The molecule has 0 aromatic heterocycles. The first-order chi connectivity index (χ1) is 4.68. The molecule has 1 nitrogen and oxygen atoms in total. The zero-order valence-electron chi connectivity index (χ0n) is 7.11. The van der Waals surface area contributed by atoms with Crippen LogP contribution in [0.15, 0.2) is 0 Å². The first-order valence-electron chi connectivity index (χ1n) is 3.73. The molecule has 0 saturated carbocycles. The molecule has 10 heavy (non-hydrogen) atoms. The predicted octanol–water partition coefficient (Wildman–Crippen LogP) is 2.83. The maximum atomic E-state index is 5.12. The molecule has 62 valence electrons. The summed E-state index contributed by atoms with van der Waals surface area (Å²) in [6.07, 6.45) is 2.46. The highest BCUT2D eigenvalue weighted by Gasteiger charge is 2.20. The summed E-state index contributed by atoms with van der Waals surface area (Å²) in [4.78, 5) is 0. The number of methoxy groups -OCH3 is 1. The second kappa shape index (κ2) is 5.14. The van der Waals surface area contributed by atoms with Gasteiger partial charge in [-0.1, -0.05) is 36.2 Å². The van der Waals surface area contributed by atoms with Crippen LogP contribution in [-0.2, 0) is 4.74 Å². The van der Waals surface area contributed by atoms with Gasteiger partial charge in [-0.25, -0.2) is 0 Å². The second-order valence-corrected chi connectivity index (χ2v) is 3.69. The van der Waals surface area contributed by atoms with Gasteiger partial charge in [0.1, 0.15) is 0 Å². The van der Waals surface area contributed by atoms with E-state index in [1.807, 2.05) is 0 Å². The lowest BCUT2D eigenvalue weighted by Crippen LogP contribution is -2.23. The summed E-state index contributed by atoms with van der Waals surface area (Å²) >= 11 is 3.49. The molecule has 0 aromatic rings. The van der Waals surface area contributed by atoms with Gasteiger partial charge in [0.05, 0.1) is 6.61 Å².